The van der Waals surface area contributed by atoms with Gasteiger partial charge < -0.3 is 25.1 Å². The number of carbonyl (C=O) groups excluding carboxylic acids is 1. The van der Waals surface area contributed by atoms with Crippen molar-refractivity contribution in [2.75, 3.05) is 26.2 Å². The number of likely N-dealkylation sites (tertiary alicyclic amines) is 1. The zero-order valence-electron chi connectivity index (χ0n) is 17.5. The number of nitrogens with zero attached hydrogens (tertiary/aromatic N) is 2. The second-order valence-corrected chi connectivity index (χ2v) is 7.35. The van der Waals surface area contributed by atoms with Crippen molar-refractivity contribution in [3.63, 3.8) is 0 Å². The smallest absolute Gasteiger partial charge is 0.222 e. The first kappa shape index (κ1) is 24.7. The van der Waals surface area contributed by atoms with Crippen LogP contribution in [0, 0.1) is 6.92 Å². The molecule has 8 heteroatoms. The molecule has 3 N–H and O–H groups in total. The van der Waals surface area contributed by atoms with E-state index in [-0.39, 0.29) is 42.5 Å². The van der Waals surface area contributed by atoms with Gasteiger partial charge in [-0.1, -0.05) is 6.92 Å². The third kappa shape index (κ3) is 6.95. The number of hydrogen-bond donors (Lipinski definition) is 3. The number of furan rings is 1. The molecular weight excluding hydrogens is 471 g/mol. The fourth-order valence-electron chi connectivity index (χ4n) is 3.37. The molecule has 0 saturated carbocycles. The van der Waals surface area contributed by atoms with Crippen molar-refractivity contribution in [1.29, 1.82) is 0 Å². The highest BCUT2D eigenvalue weighted by Crippen LogP contribution is 2.23. The molecule has 7 nitrogen and oxygen atoms in total. The molecule has 2 heterocycles. The fourth-order valence-corrected chi connectivity index (χ4v) is 3.37. The molecule has 0 aliphatic carbocycles. The first-order valence-electron chi connectivity index (χ1n) is 9.98. The molecule has 0 spiro atoms. The molecule has 1 fully saturated rings. The zero-order valence-corrected chi connectivity index (χ0v) is 19.8. The Labute approximate surface area is 185 Å². The van der Waals surface area contributed by atoms with Crippen molar-refractivity contribution in [1.82, 2.24) is 15.5 Å². The van der Waals surface area contributed by atoms with Crippen LogP contribution in [0.5, 0.6) is 0 Å². The van der Waals surface area contributed by atoms with E-state index >= 15 is 0 Å². The molecule has 1 aromatic heterocycles. The lowest BCUT2D eigenvalue weighted by Gasteiger charge is -2.27. The number of amides is 1. The molecule has 2 rings (SSSR count). The van der Waals surface area contributed by atoms with Gasteiger partial charge in [-0.2, -0.15) is 0 Å². The van der Waals surface area contributed by atoms with Gasteiger partial charge in [-0.3, -0.25) is 4.79 Å². The van der Waals surface area contributed by atoms with E-state index in [4.69, 9.17) is 4.42 Å². The minimum atomic E-state index is -1.16. The number of aliphatic hydroxyl groups is 1. The number of nitrogens with one attached hydrogen (secondary N) is 2. The van der Waals surface area contributed by atoms with Gasteiger partial charge in [0.2, 0.25) is 5.91 Å². The Kier molecular flexibility index (Phi) is 10.3. The maximum Gasteiger partial charge on any atom is 0.222 e. The topological polar surface area (TPSA) is 90.1 Å². The SMILES string of the molecule is CCNC(=NCC(C)(O)c1ccc(C)o1)NCCC(CC)N1CCCC1=O.I. The lowest BCUT2D eigenvalue weighted by Crippen LogP contribution is -2.42. The summed E-state index contributed by atoms with van der Waals surface area (Å²) >= 11 is 0. The standard InChI is InChI=1S/C20H34N4O3.HI/c1-5-16(24-13-7-8-18(24)25)11-12-22-19(21-6-2)23-14-20(4,26)17-10-9-15(3)27-17;/h9-10,16,26H,5-8,11-14H2,1-4H3,(H2,21,22,23);1H. The van der Waals surface area contributed by atoms with Gasteiger partial charge in [0.15, 0.2) is 5.96 Å². The van der Waals surface area contributed by atoms with Gasteiger partial charge in [-0.05, 0) is 52.2 Å². The van der Waals surface area contributed by atoms with Crippen molar-refractivity contribution >= 4 is 35.8 Å². The van der Waals surface area contributed by atoms with Gasteiger partial charge in [0, 0.05) is 32.1 Å². The van der Waals surface area contributed by atoms with Crippen LogP contribution >= 0.6 is 24.0 Å². The number of guanidine groups is 1. The Morgan fingerprint density at radius 2 is 2.14 bits per heavy atom. The Morgan fingerprint density at radius 3 is 2.68 bits per heavy atom. The van der Waals surface area contributed by atoms with Crippen LogP contribution in [-0.2, 0) is 10.4 Å². The van der Waals surface area contributed by atoms with E-state index in [1.807, 2.05) is 24.8 Å². The van der Waals surface area contributed by atoms with E-state index < -0.39 is 5.60 Å². The van der Waals surface area contributed by atoms with Gasteiger partial charge >= 0.3 is 0 Å². The van der Waals surface area contributed by atoms with E-state index in [2.05, 4.69) is 22.5 Å². The Hall–Kier alpha value is -1.29. The van der Waals surface area contributed by atoms with E-state index in [1.54, 1.807) is 13.0 Å². The summed E-state index contributed by atoms with van der Waals surface area (Å²) in [5, 5.41) is 17.2. The van der Waals surface area contributed by atoms with Crippen molar-refractivity contribution < 1.29 is 14.3 Å². The highest BCUT2D eigenvalue weighted by atomic mass is 127. The minimum absolute atomic E-state index is 0. The summed E-state index contributed by atoms with van der Waals surface area (Å²) in [6, 6.07) is 3.88. The van der Waals surface area contributed by atoms with Crippen molar-refractivity contribution in [3.05, 3.63) is 23.7 Å². The lowest BCUT2D eigenvalue weighted by molar-refractivity contribution is -0.129. The second kappa shape index (κ2) is 11.6. The highest BCUT2D eigenvalue weighted by Gasteiger charge is 2.27. The molecule has 0 aromatic carbocycles. The number of aliphatic imine (C=N–C) groups is 1. The van der Waals surface area contributed by atoms with Crippen LogP contribution < -0.4 is 10.6 Å². The molecule has 1 aliphatic heterocycles. The van der Waals surface area contributed by atoms with Crippen LogP contribution in [0.15, 0.2) is 21.5 Å². The largest absolute Gasteiger partial charge is 0.463 e. The number of rotatable bonds is 9. The van der Waals surface area contributed by atoms with Gasteiger partial charge in [-0.15, -0.1) is 24.0 Å². The average molecular weight is 506 g/mol. The van der Waals surface area contributed by atoms with E-state index in [1.165, 1.54) is 0 Å². The van der Waals surface area contributed by atoms with Gasteiger partial charge in [0.1, 0.15) is 17.1 Å². The van der Waals surface area contributed by atoms with E-state index in [0.717, 1.165) is 44.7 Å². The monoisotopic (exact) mass is 506 g/mol. The summed E-state index contributed by atoms with van der Waals surface area (Å²) < 4.78 is 5.54. The first-order chi connectivity index (χ1) is 12.9. The Bertz CT molecular complexity index is 645. The maximum absolute atomic E-state index is 12.0. The third-order valence-electron chi connectivity index (χ3n) is 4.95. The minimum Gasteiger partial charge on any atom is -0.463 e. The summed E-state index contributed by atoms with van der Waals surface area (Å²) in [6.07, 6.45) is 3.47. The van der Waals surface area contributed by atoms with Crippen LogP contribution in [-0.4, -0.2) is 54.1 Å². The molecule has 0 bridgehead atoms. The number of aryl methyl sites for hydroxylation is 1. The molecule has 1 amide bonds. The fraction of sp³-hybridized carbons (Fsp3) is 0.700. The van der Waals surface area contributed by atoms with Crippen LogP contribution in [0.1, 0.15) is 58.0 Å². The van der Waals surface area contributed by atoms with Gasteiger partial charge in [0.05, 0.1) is 6.54 Å². The van der Waals surface area contributed by atoms with Crippen LogP contribution in [0.4, 0.5) is 0 Å². The molecule has 28 heavy (non-hydrogen) atoms. The molecule has 0 radical (unpaired) electrons. The average Bonchev–Trinajstić information content (AvgIpc) is 3.25. The maximum atomic E-state index is 12.0. The molecule has 1 aliphatic rings. The predicted molar refractivity (Wildman–Crippen MR) is 122 cm³/mol. The van der Waals surface area contributed by atoms with Crippen LogP contribution in [0.3, 0.4) is 0 Å². The third-order valence-corrected chi connectivity index (χ3v) is 4.95. The van der Waals surface area contributed by atoms with Gasteiger partial charge in [0.25, 0.3) is 0 Å². The summed E-state index contributed by atoms with van der Waals surface area (Å²) in [5.74, 6) is 2.20. The van der Waals surface area contributed by atoms with E-state index in [0.29, 0.717) is 18.1 Å². The highest BCUT2D eigenvalue weighted by molar-refractivity contribution is 14.0. The molecule has 1 aromatic rings. The normalized spacial score (nSPS) is 17.8. The molecule has 2 atom stereocenters. The zero-order chi connectivity index (χ0) is 19.9. The van der Waals surface area contributed by atoms with Crippen LogP contribution in [0.2, 0.25) is 0 Å². The number of carbonyl (C=O) groups is 1. The molecule has 1 saturated heterocycles. The Morgan fingerprint density at radius 1 is 1.39 bits per heavy atom. The molecule has 2 unspecified atom stereocenters. The van der Waals surface area contributed by atoms with Crippen LogP contribution in [0.25, 0.3) is 0 Å². The summed E-state index contributed by atoms with van der Waals surface area (Å²) in [6.45, 7) is 10.2. The van der Waals surface area contributed by atoms with Crippen molar-refractivity contribution in [2.24, 2.45) is 4.99 Å². The predicted octanol–water partition coefficient (Wildman–Crippen LogP) is 2.76. The Balaban J connectivity index is 0.00000392. The first-order valence-corrected chi connectivity index (χ1v) is 9.98. The quantitative estimate of drug-likeness (QED) is 0.272. The summed E-state index contributed by atoms with van der Waals surface area (Å²) in [7, 11) is 0. The lowest BCUT2D eigenvalue weighted by atomic mass is 10.0. The second-order valence-electron chi connectivity index (χ2n) is 7.35. The van der Waals surface area contributed by atoms with Gasteiger partial charge in [-0.25, -0.2) is 4.99 Å². The van der Waals surface area contributed by atoms with Crippen molar-refractivity contribution in [3.8, 4) is 0 Å². The number of hydrogen-bond acceptors (Lipinski definition) is 4. The molecule has 160 valence electrons. The summed E-state index contributed by atoms with van der Waals surface area (Å²) in [5.41, 5.74) is -1.16. The molecular formula is C20H35IN4O3. The van der Waals surface area contributed by atoms with Crippen molar-refractivity contribution in [2.45, 2.75) is 65.0 Å². The summed E-state index contributed by atoms with van der Waals surface area (Å²) in [4.78, 5) is 18.5. The van der Waals surface area contributed by atoms with E-state index in [9.17, 15) is 9.90 Å². The number of halogens is 1.